The lowest BCUT2D eigenvalue weighted by Crippen LogP contribution is -2.23. The van der Waals surface area contributed by atoms with Crippen LogP contribution in [0.15, 0.2) is 58.3 Å². The third-order valence-corrected chi connectivity index (χ3v) is 4.81. The number of aromatic nitrogens is 3. The second-order valence-corrected chi connectivity index (χ2v) is 6.76. The summed E-state index contributed by atoms with van der Waals surface area (Å²) in [6.07, 6.45) is 6.05. The minimum absolute atomic E-state index is 0.400. The van der Waals surface area contributed by atoms with Gasteiger partial charge in [-0.3, -0.25) is 0 Å². The van der Waals surface area contributed by atoms with E-state index in [1.165, 1.54) is 0 Å². The highest BCUT2D eigenvalue weighted by molar-refractivity contribution is 7.99. The molecule has 0 unspecified atom stereocenters. The zero-order valence-electron chi connectivity index (χ0n) is 14.3. The van der Waals surface area contributed by atoms with Crippen LogP contribution in [0, 0.1) is 0 Å². The van der Waals surface area contributed by atoms with E-state index in [4.69, 9.17) is 9.15 Å². The molecule has 132 valence electrons. The van der Waals surface area contributed by atoms with Crippen LogP contribution in [0.25, 0.3) is 17.3 Å². The van der Waals surface area contributed by atoms with E-state index in [0.717, 1.165) is 29.2 Å². The molecule has 1 aromatic carbocycles. The molecule has 0 aliphatic carbocycles. The molecule has 3 heterocycles. The van der Waals surface area contributed by atoms with Crippen molar-refractivity contribution >= 4 is 23.5 Å². The summed E-state index contributed by atoms with van der Waals surface area (Å²) in [6, 6.07) is 11.6. The van der Waals surface area contributed by atoms with Crippen LogP contribution < -0.4 is 10.1 Å². The summed E-state index contributed by atoms with van der Waals surface area (Å²) < 4.78 is 11.4. The van der Waals surface area contributed by atoms with E-state index in [1.807, 2.05) is 48.6 Å². The average Bonchev–Trinajstić information content (AvgIpc) is 3.13. The van der Waals surface area contributed by atoms with Crippen molar-refractivity contribution in [1.29, 1.82) is 0 Å². The molecule has 2 aromatic heterocycles. The Labute approximate surface area is 155 Å². The first kappa shape index (κ1) is 16.7. The maximum Gasteiger partial charge on any atom is 0.247 e. The number of rotatable bonds is 5. The quantitative estimate of drug-likeness (QED) is 0.668. The summed E-state index contributed by atoms with van der Waals surface area (Å²) in [5.74, 6) is 2.18. The molecule has 0 amide bonds. The standard InChI is InChI=1S/C19H18N4O2S/c1-2-12-26-19-21-18-17(22-23-19)14-7-3-4-8-15(14)20-16(25-18)10-9-13-6-5-11-24-13/h3-11,16,20H,2,12H2,1H3/b10-9+/t16-/m0/s1. The third kappa shape index (κ3) is 3.57. The monoisotopic (exact) mass is 366 g/mol. The van der Waals surface area contributed by atoms with Gasteiger partial charge in [-0.05, 0) is 36.8 Å². The van der Waals surface area contributed by atoms with Gasteiger partial charge in [-0.2, -0.15) is 4.98 Å². The van der Waals surface area contributed by atoms with Gasteiger partial charge in [-0.15, -0.1) is 10.2 Å². The topological polar surface area (TPSA) is 73.1 Å². The van der Waals surface area contributed by atoms with Crippen LogP contribution in [-0.2, 0) is 0 Å². The molecule has 7 heteroatoms. The number of furan rings is 1. The zero-order valence-corrected chi connectivity index (χ0v) is 15.1. The molecule has 1 aliphatic heterocycles. The van der Waals surface area contributed by atoms with E-state index in [2.05, 4.69) is 27.4 Å². The van der Waals surface area contributed by atoms with E-state index in [-0.39, 0.29) is 0 Å². The second-order valence-electron chi connectivity index (χ2n) is 5.70. The lowest BCUT2D eigenvalue weighted by atomic mass is 10.1. The van der Waals surface area contributed by atoms with E-state index < -0.39 is 6.23 Å². The first-order valence-electron chi connectivity index (χ1n) is 8.45. The molecule has 0 bridgehead atoms. The summed E-state index contributed by atoms with van der Waals surface area (Å²) >= 11 is 1.58. The molecular formula is C19H18N4O2S. The van der Waals surface area contributed by atoms with Crippen molar-refractivity contribution in [3.63, 3.8) is 0 Å². The molecule has 1 atom stereocenters. The number of nitrogens with zero attached hydrogens (tertiary/aromatic N) is 3. The maximum absolute atomic E-state index is 6.09. The van der Waals surface area contributed by atoms with Crippen LogP contribution in [0.2, 0.25) is 0 Å². The Hall–Kier alpha value is -2.80. The van der Waals surface area contributed by atoms with Crippen molar-refractivity contribution in [2.45, 2.75) is 24.7 Å². The van der Waals surface area contributed by atoms with E-state index >= 15 is 0 Å². The zero-order chi connectivity index (χ0) is 17.8. The molecule has 3 aromatic rings. The van der Waals surface area contributed by atoms with Gasteiger partial charge in [0.1, 0.15) is 5.76 Å². The highest BCUT2D eigenvalue weighted by atomic mass is 32.2. The second kappa shape index (κ2) is 7.61. The van der Waals surface area contributed by atoms with Crippen LogP contribution in [0.1, 0.15) is 19.1 Å². The highest BCUT2D eigenvalue weighted by Gasteiger charge is 2.23. The summed E-state index contributed by atoms with van der Waals surface area (Å²) in [7, 11) is 0. The predicted molar refractivity (Wildman–Crippen MR) is 102 cm³/mol. The first-order chi connectivity index (χ1) is 12.8. The fourth-order valence-corrected chi connectivity index (χ4v) is 3.21. The van der Waals surface area contributed by atoms with Crippen LogP contribution in [0.3, 0.4) is 0 Å². The Morgan fingerprint density at radius 1 is 1.19 bits per heavy atom. The number of ether oxygens (including phenoxy) is 1. The number of hydrogen-bond donors (Lipinski definition) is 1. The maximum atomic E-state index is 6.09. The van der Waals surface area contributed by atoms with Gasteiger partial charge in [0.05, 0.1) is 6.26 Å². The minimum atomic E-state index is -0.400. The lowest BCUT2D eigenvalue weighted by Gasteiger charge is -2.15. The SMILES string of the molecule is CCCSc1nnc2c(n1)O[C@@H](/C=C/c1ccco1)Nc1ccccc1-2. The smallest absolute Gasteiger partial charge is 0.247 e. The molecule has 0 saturated carbocycles. The molecular weight excluding hydrogens is 348 g/mol. The molecule has 0 spiro atoms. The lowest BCUT2D eigenvalue weighted by molar-refractivity contribution is 0.266. The van der Waals surface area contributed by atoms with E-state index in [1.54, 1.807) is 18.0 Å². The fraction of sp³-hybridized carbons (Fsp3) is 0.211. The Balaban J connectivity index is 1.70. The summed E-state index contributed by atoms with van der Waals surface area (Å²) in [6.45, 7) is 2.12. The first-order valence-corrected chi connectivity index (χ1v) is 9.44. The molecule has 26 heavy (non-hydrogen) atoms. The fourth-order valence-electron chi connectivity index (χ4n) is 2.58. The number of fused-ring (bicyclic) bond motifs is 3. The molecule has 0 fully saturated rings. The normalized spacial score (nSPS) is 15.7. The van der Waals surface area contributed by atoms with Crippen molar-refractivity contribution in [2.75, 3.05) is 11.1 Å². The average molecular weight is 366 g/mol. The van der Waals surface area contributed by atoms with Crippen molar-refractivity contribution in [1.82, 2.24) is 15.2 Å². The molecule has 0 radical (unpaired) electrons. The van der Waals surface area contributed by atoms with Gasteiger partial charge in [0.15, 0.2) is 11.9 Å². The van der Waals surface area contributed by atoms with E-state index in [9.17, 15) is 0 Å². The Morgan fingerprint density at radius 2 is 2.12 bits per heavy atom. The number of benzene rings is 1. The largest absolute Gasteiger partial charge is 0.465 e. The minimum Gasteiger partial charge on any atom is -0.465 e. The van der Waals surface area contributed by atoms with Crippen molar-refractivity contribution in [2.24, 2.45) is 0 Å². The number of hydrogen-bond acceptors (Lipinski definition) is 7. The molecule has 0 saturated heterocycles. The van der Waals surface area contributed by atoms with E-state index in [0.29, 0.717) is 16.7 Å². The summed E-state index contributed by atoms with van der Waals surface area (Å²) in [5.41, 5.74) is 2.48. The molecule has 1 N–H and O–H groups in total. The van der Waals surface area contributed by atoms with Gasteiger partial charge in [-0.25, -0.2) is 0 Å². The molecule has 4 rings (SSSR count). The van der Waals surface area contributed by atoms with Gasteiger partial charge >= 0.3 is 0 Å². The summed E-state index contributed by atoms with van der Waals surface area (Å²) in [4.78, 5) is 4.57. The van der Waals surface area contributed by atoms with Gasteiger partial charge in [0.2, 0.25) is 11.0 Å². The summed E-state index contributed by atoms with van der Waals surface area (Å²) in [5, 5.41) is 12.6. The predicted octanol–water partition coefficient (Wildman–Crippen LogP) is 4.48. The number of thioether (sulfide) groups is 1. The van der Waals surface area contributed by atoms with Crippen LogP contribution in [-0.4, -0.2) is 27.2 Å². The highest BCUT2D eigenvalue weighted by Crippen LogP contribution is 2.36. The Morgan fingerprint density at radius 3 is 2.96 bits per heavy atom. The molecule has 1 aliphatic rings. The Kier molecular flexibility index (Phi) is 4.88. The Bertz CT molecular complexity index is 912. The van der Waals surface area contributed by atoms with Crippen LogP contribution in [0.4, 0.5) is 5.69 Å². The van der Waals surface area contributed by atoms with Gasteiger partial charge in [0, 0.05) is 17.0 Å². The van der Waals surface area contributed by atoms with Crippen molar-refractivity contribution < 1.29 is 9.15 Å². The number of para-hydroxylation sites is 1. The van der Waals surface area contributed by atoms with Crippen molar-refractivity contribution in [3.8, 4) is 17.1 Å². The van der Waals surface area contributed by atoms with Crippen molar-refractivity contribution in [3.05, 3.63) is 54.5 Å². The van der Waals surface area contributed by atoms with Gasteiger partial charge < -0.3 is 14.5 Å². The van der Waals surface area contributed by atoms with Gasteiger partial charge in [-0.1, -0.05) is 36.9 Å². The van der Waals surface area contributed by atoms with Crippen LogP contribution in [0.5, 0.6) is 5.88 Å². The molecule has 6 nitrogen and oxygen atoms in total. The number of anilines is 1. The van der Waals surface area contributed by atoms with Gasteiger partial charge in [0.25, 0.3) is 0 Å². The number of nitrogens with one attached hydrogen (secondary N) is 1. The third-order valence-electron chi connectivity index (χ3n) is 3.77. The van der Waals surface area contributed by atoms with Crippen LogP contribution >= 0.6 is 11.8 Å².